The molecule has 0 aromatic heterocycles. The molecule has 1 rings (SSSR count). The first-order chi connectivity index (χ1) is 6.42. The molecule has 0 bridgehead atoms. The number of piperidine rings is 1. The highest BCUT2D eigenvalue weighted by molar-refractivity contribution is 5.79. The summed E-state index contributed by atoms with van der Waals surface area (Å²) in [5, 5.41) is 18.2. The normalized spacial score (nSPS) is 23.1. The maximum Gasteiger partial charge on any atom is 0.336 e. The molecule has 1 unspecified atom stereocenters. The number of carboxylic acid groups (broad SMARTS) is 1. The number of β-amino-alcohol motifs (C(OH)–C–C–N with tert-alkyl or cyclic N) is 1. The number of rotatable bonds is 3. The van der Waals surface area contributed by atoms with Crippen molar-refractivity contribution in [1.82, 2.24) is 4.90 Å². The van der Waals surface area contributed by atoms with Crippen molar-refractivity contribution < 1.29 is 19.8 Å². The van der Waals surface area contributed by atoms with Gasteiger partial charge in [0.25, 0.3) is 0 Å². The quantitative estimate of drug-likeness (QED) is 0.643. The molecule has 0 aromatic rings. The summed E-state index contributed by atoms with van der Waals surface area (Å²) in [5.41, 5.74) is -1.72. The van der Waals surface area contributed by atoms with E-state index in [0.717, 1.165) is 0 Å². The fourth-order valence-electron chi connectivity index (χ4n) is 1.46. The molecule has 0 radical (unpaired) electrons. The van der Waals surface area contributed by atoms with Gasteiger partial charge in [0.1, 0.15) is 5.78 Å². The van der Waals surface area contributed by atoms with Crippen LogP contribution in [-0.4, -0.2) is 52.1 Å². The van der Waals surface area contributed by atoms with Crippen LogP contribution in [0.5, 0.6) is 0 Å². The van der Waals surface area contributed by atoms with Gasteiger partial charge in [0.2, 0.25) is 0 Å². The standard InChI is InChI=1S/C9H15NO4/c1-9(14,8(12)13)6-10-4-2-7(11)3-5-10/h14H,2-6H2,1H3,(H,12,13). The molecule has 14 heavy (non-hydrogen) atoms. The maximum absolute atomic E-state index is 10.9. The Hall–Kier alpha value is -0.940. The van der Waals surface area contributed by atoms with Gasteiger partial charge in [-0.3, -0.25) is 9.69 Å². The van der Waals surface area contributed by atoms with Crippen molar-refractivity contribution in [1.29, 1.82) is 0 Å². The van der Waals surface area contributed by atoms with Crippen LogP contribution in [0.1, 0.15) is 19.8 Å². The number of likely N-dealkylation sites (tertiary alicyclic amines) is 1. The van der Waals surface area contributed by atoms with E-state index in [1.807, 2.05) is 0 Å². The number of hydrogen-bond acceptors (Lipinski definition) is 4. The number of carbonyl (C=O) groups is 2. The maximum atomic E-state index is 10.9. The van der Waals surface area contributed by atoms with E-state index in [1.165, 1.54) is 6.92 Å². The molecular formula is C9H15NO4. The Morgan fingerprint density at radius 3 is 2.43 bits per heavy atom. The van der Waals surface area contributed by atoms with Crippen molar-refractivity contribution in [2.75, 3.05) is 19.6 Å². The first kappa shape index (κ1) is 11.1. The van der Waals surface area contributed by atoms with Gasteiger partial charge in [-0.25, -0.2) is 4.79 Å². The fourth-order valence-corrected chi connectivity index (χ4v) is 1.46. The van der Waals surface area contributed by atoms with Crippen LogP contribution < -0.4 is 0 Å². The molecule has 1 atom stereocenters. The zero-order valence-electron chi connectivity index (χ0n) is 8.19. The second kappa shape index (κ2) is 4.06. The highest BCUT2D eigenvalue weighted by Gasteiger charge is 2.33. The van der Waals surface area contributed by atoms with Crippen molar-refractivity contribution >= 4 is 11.8 Å². The Morgan fingerprint density at radius 1 is 1.50 bits per heavy atom. The van der Waals surface area contributed by atoms with Gasteiger partial charge in [-0.1, -0.05) is 0 Å². The van der Waals surface area contributed by atoms with E-state index in [2.05, 4.69) is 0 Å². The minimum Gasteiger partial charge on any atom is -0.479 e. The average molecular weight is 201 g/mol. The minimum atomic E-state index is -1.72. The van der Waals surface area contributed by atoms with Gasteiger partial charge < -0.3 is 10.2 Å². The van der Waals surface area contributed by atoms with Gasteiger partial charge in [-0.15, -0.1) is 0 Å². The summed E-state index contributed by atoms with van der Waals surface area (Å²) in [7, 11) is 0. The molecule has 80 valence electrons. The van der Waals surface area contributed by atoms with E-state index in [9.17, 15) is 14.7 Å². The topological polar surface area (TPSA) is 77.8 Å². The van der Waals surface area contributed by atoms with Gasteiger partial charge >= 0.3 is 5.97 Å². The first-order valence-electron chi connectivity index (χ1n) is 4.61. The lowest BCUT2D eigenvalue weighted by atomic mass is 10.0. The molecule has 0 amide bonds. The Morgan fingerprint density at radius 2 is 2.00 bits per heavy atom. The number of nitrogens with zero attached hydrogens (tertiary/aromatic N) is 1. The van der Waals surface area contributed by atoms with E-state index >= 15 is 0 Å². The largest absolute Gasteiger partial charge is 0.479 e. The number of ketones is 1. The van der Waals surface area contributed by atoms with Gasteiger partial charge in [0.05, 0.1) is 0 Å². The molecule has 1 fully saturated rings. The van der Waals surface area contributed by atoms with Gasteiger partial charge in [0, 0.05) is 32.5 Å². The van der Waals surface area contributed by atoms with E-state index in [1.54, 1.807) is 4.90 Å². The van der Waals surface area contributed by atoms with Crippen LogP contribution in [0.3, 0.4) is 0 Å². The van der Waals surface area contributed by atoms with Crippen LogP contribution in [0.4, 0.5) is 0 Å². The van der Waals surface area contributed by atoms with E-state index < -0.39 is 11.6 Å². The molecule has 2 N–H and O–H groups in total. The number of aliphatic hydroxyl groups is 1. The SMILES string of the molecule is CC(O)(CN1CCC(=O)CC1)C(=O)O. The van der Waals surface area contributed by atoms with Crippen molar-refractivity contribution in [3.05, 3.63) is 0 Å². The zero-order valence-corrected chi connectivity index (χ0v) is 8.19. The summed E-state index contributed by atoms with van der Waals surface area (Å²) in [4.78, 5) is 23.3. The van der Waals surface area contributed by atoms with Crippen LogP contribution in [0, 0.1) is 0 Å². The van der Waals surface area contributed by atoms with Gasteiger partial charge in [-0.05, 0) is 6.92 Å². The minimum absolute atomic E-state index is 0.0790. The van der Waals surface area contributed by atoms with Crippen molar-refractivity contribution in [2.45, 2.75) is 25.4 Å². The molecule has 1 aliphatic rings. The Balaban J connectivity index is 2.45. The van der Waals surface area contributed by atoms with Crippen LogP contribution in [0.15, 0.2) is 0 Å². The third-order valence-corrected chi connectivity index (χ3v) is 2.41. The number of carbonyl (C=O) groups excluding carboxylic acids is 1. The second-order valence-corrected chi connectivity index (χ2v) is 3.89. The molecule has 0 spiro atoms. The molecule has 1 aliphatic heterocycles. The van der Waals surface area contributed by atoms with Crippen molar-refractivity contribution in [3.8, 4) is 0 Å². The number of aliphatic carboxylic acids is 1. The monoisotopic (exact) mass is 201 g/mol. The lowest BCUT2D eigenvalue weighted by Gasteiger charge is -2.30. The second-order valence-electron chi connectivity index (χ2n) is 3.89. The highest BCUT2D eigenvalue weighted by atomic mass is 16.4. The summed E-state index contributed by atoms with van der Waals surface area (Å²) in [6.45, 7) is 2.44. The Labute approximate surface area is 82.3 Å². The zero-order chi connectivity index (χ0) is 10.8. The molecule has 1 saturated heterocycles. The van der Waals surface area contributed by atoms with Gasteiger partial charge in [-0.2, -0.15) is 0 Å². The molecular weight excluding hydrogens is 186 g/mol. The molecule has 1 heterocycles. The third-order valence-electron chi connectivity index (χ3n) is 2.41. The van der Waals surface area contributed by atoms with Crippen LogP contribution in [0.25, 0.3) is 0 Å². The number of hydrogen-bond donors (Lipinski definition) is 2. The summed E-state index contributed by atoms with van der Waals surface area (Å²) in [6, 6.07) is 0. The summed E-state index contributed by atoms with van der Waals surface area (Å²) in [5.74, 6) is -1.02. The van der Waals surface area contributed by atoms with Gasteiger partial charge in [0.15, 0.2) is 5.60 Å². The van der Waals surface area contributed by atoms with E-state index in [-0.39, 0.29) is 12.3 Å². The molecule has 0 saturated carbocycles. The average Bonchev–Trinajstić information content (AvgIpc) is 2.08. The predicted octanol–water partition coefficient (Wildman–Crippen LogP) is -0.513. The first-order valence-corrected chi connectivity index (χ1v) is 4.61. The van der Waals surface area contributed by atoms with Crippen molar-refractivity contribution in [2.24, 2.45) is 0 Å². The Bertz CT molecular complexity index is 239. The summed E-state index contributed by atoms with van der Waals surface area (Å²) < 4.78 is 0. The molecule has 0 aromatic carbocycles. The fraction of sp³-hybridized carbons (Fsp3) is 0.778. The lowest BCUT2D eigenvalue weighted by Crippen LogP contribution is -2.49. The molecule has 5 nitrogen and oxygen atoms in total. The Kier molecular flexibility index (Phi) is 3.23. The highest BCUT2D eigenvalue weighted by Crippen LogP contribution is 2.11. The summed E-state index contributed by atoms with van der Waals surface area (Å²) in [6.07, 6.45) is 0.908. The van der Waals surface area contributed by atoms with E-state index in [4.69, 9.17) is 5.11 Å². The predicted molar refractivity (Wildman–Crippen MR) is 48.9 cm³/mol. The van der Waals surface area contributed by atoms with Crippen LogP contribution in [-0.2, 0) is 9.59 Å². The van der Waals surface area contributed by atoms with Crippen LogP contribution in [0.2, 0.25) is 0 Å². The number of Topliss-reactive ketones (excluding diaryl/α,β-unsaturated/α-hetero) is 1. The van der Waals surface area contributed by atoms with E-state index in [0.29, 0.717) is 25.9 Å². The third kappa shape index (κ3) is 2.78. The lowest BCUT2D eigenvalue weighted by molar-refractivity contribution is -0.158. The summed E-state index contributed by atoms with van der Waals surface area (Å²) >= 11 is 0. The number of carboxylic acids is 1. The smallest absolute Gasteiger partial charge is 0.336 e. The molecule has 5 heteroatoms. The molecule has 0 aliphatic carbocycles. The van der Waals surface area contributed by atoms with Crippen molar-refractivity contribution in [3.63, 3.8) is 0 Å². The van der Waals surface area contributed by atoms with Crippen LogP contribution >= 0.6 is 0 Å².